The van der Waals surface area contributed by atoms with Gasteiger partial charge in [-0.25, -0.2) is 9.97 Å². The van der Waals surface area contributed by atoms with Gasteiger partial charge < -0.3 is 5.32 Å². The van der Waals surface area contributed by atoms with E-state index in [1.54, 1.807) is 0 Å². The minimum atomic E-state index is 0.178. The number of anilines is 1. The van der Waals surface area contributed by atoms with Crippen LogP contribution in [0.1, 0.15) is 41.4 Å². The van der Waals surface area contributed by atoms with E-state index in [4.69, 9.17) is 9.97 Å². The lowest BCUT2D eigenvalue weighted by molar-refractivity contribution is -0.118. The molecule has 1 saturated heterocycles. The Morgan fingerprint density at radius 2 is 2.04 bits per heavy atom. The second kappa shape index (κ2) is 6.92. The summed E-state index contributed by atoms with van der Waals surface area (Å²) in [6.07, 6.45) is 3.22. The number of hydrogen-bond acceptors (Lipinski definition) is 4. The first-order valence-corrected chi connectivity index (χ1v) is 9.15. The van der Waals surface area contributed by atoms with Crippen LogP contribution in [0.25, 0.3) is 0 Å². The Morgan fingerprint density at radius 3 is 2.80 bits per heavy atom. The van der Waals surface area contributed by atoms with Gasteiger partial charge in [-0.2, -0.15) is 0 Å². The third-order valence-electron chi connectivity index (χ3n) is 5.25. The van der Waals surface area contributed by atoms with E-state index < -0.39 is 0 Å². The molecule has 0 saturated carbocycles. The van der Waals surface area contributed by atoms with Crippen molar-refractivity contribution >= 4 is 11.7 Å². The van der Waals surface area contributed by atoms with Crippen LogP contribution in [0.5, 0.6) is 0 Å². The lowest BCUT2D eigenvalue weighted by Gasteiger charge is -2.30. The van der Waals surface area contributed by atoms with Gasteiger partial charge in [0, 0.05) is 36.7 Å². The van der Waals surface area contributed by atoms with Crippen LogP contribution >= 0.6 is 0 Å². The average molecular weight is 336 g/mol. The molecule has 0 radical (unpaired) electrons. The van der Waals surface area contributed by atoms with Gasteiger partial charge >= 0.3 is 0 Å². The Bertz CT molecular complexity index is 769. The van der Waals surface area contributed by atoms with Gasteiger partial charge in [0.1, 0.15) is 11.6 Å². The molecular formula is C20H24N4O. The maximum atomic E-state index is 12.6. The number of hydrogen-bond donors (Lipinski definition) is 1. The molecule has 1 N–H and O–H groups in total. The van der Waals surface area contributed by atoms with E-state index in [0.29, 0.717) is 18.9 Å². The second-order valence-electron chi connectivity index (χ2n) is 6.94. The van der Waals surface area contributed by atoms with Crippen LogP contribution in [0.4, 0.5) is 5.82 Å². The van der Waals surface area contributed by atoms with E-state index in [2.05, 4.69) is 24.4 Å². The molecule has 130 valence electrons. The van der Waals surface area contributed by atoms with Crippen LogP contribution in [-0.2, 0) is 17.6 Å². The van der Waals surface area contributed by atoms with Crippen molar-refractivity contribution in [2.75, 3.05) is 24.5 Å². The summed E-state index contributed by atoms with van der Waals surface area (Å²) in [7, 11) is 0. The van der Waals surface area contributed by atoms with Crippen molar-refractivity contribution in [3.63, 3.8) is 0 Å². The Kier molecular flexibility index (Phi) is 4.49. The van der Waals surface area contributed by atoms with Crippen molar-refractivity contribution in [3.05, 3.63) is 53.0 Å². The Balaban J connectivity index is 1.63. The SMILES string of the molecule is Cc1nc(C2CCNC2)nc2c1CCC(=O)N2CCc1ccccc1. The van der Waals surface area contributed by atoms with Gasteiger partial charge in [-0.15, -0.1) is 0 Å². The quantitative estimate of drug-likeness (QED) is 0.931. The highest BCUT2D eigenvalue weighted by Crippen LogP contribution is 2.30. The normalized spacial score (nSPS) is 20.0. The molecule has 2 aromatic rings. The largest absolute Gasteiger partial charge is 0.316 e. The molecule has 0 aliphatic carbocycles. The van der Waals surface area contributed by atoms with Gasteiger partial charge in [-0.05, 0) is 38.3 Å². The molecule has 2 aliphatic heterocycles. The van der Waals surface area contributed by atoms with Gasteiger partial charge in [0.25, 0.3) is 0 Å². The summed E-state index contributed by atoms with van der Waals surface area (Å²) in [5.74, 6) is 2.27. The maximum Gasteiger partial charge on any atom is 0.228 e. The summed E-state index contributed by atoms with van der Waals surface area (Å²) in [6.45, 7) is 4.67. The standard InChI is InChI=1S/C20H24N4O/c1-14-17-7-8-18(25)24(12-10-15-5-3-2-4-6-15)20(17)23-19(22-14)16-9-11-21-13-16/h2-6,16,21H,7-13H2,1H3. The second-order valence-corrected chi connectivity index (χ2v) is 6.94. The van der Waals surface area contributed by atoms with Crippen molar-refractivity contribution in [3.8, 4) is 0 Å². The number of nitrogens with one attached hydrogen (secondary N) is 1. The van der Waals surface area contributed by atoms with Gasteiger partial charge in [-0.1, -0.05) is 30.3 Å². The summed E-state index contributed by atoms with van der Waals surface area (Å²) < 4.78 is 0. The number of rotatable bonds is 4. The number of aryl methyl sites for hydroxylation is 1. The summed E-state index contributed by atoms with van der Waals surface area (Å²) in [6, 6.07) is 10.3. The lowest BCUT2D eigenvalue weighted by Crippen LogP contribution is -2.38. The zero-order valence-electron chi connectivity index (χ0n) is 14.7. The number of fused-ring (bicyclic) bond motifs is 1. The first kappa shape index (κ1) is 16.2. The van der Waals surface area contributed by atoms with Crippen LogP contribution in [0.3, 0.4) is 0 Å². The van der Waals surface area contributed by atoms with Crippen molar-refractivity contribution in [1.29, 1.82) is 0 Å². The minimum Gasteiger partial charge on any atom is -0.316 e. The van der Waals surface area contributed by atoms with E-state index >= 15 is 0 Å². The molecule has 25 heavy (non-hydrogen) atoms. The van der Waals surface area contributed by atoms with E-state index in [1.165, 1.54) is 5.56 Å². The first-order chi connectivity index (χ1) is 12.2. The molecule has 1 aromatic heterocycles. The summed E-state index contributed by atoms with van der Waals surface area (Å²) in [5.41, 5.74) is 3.42. The average Bonchev–Trinajstić information content (AvgIpc) is 3.16. The van der Waals surface area contributed by atoms with E-state index in [0.717, 1.165) is 55.3 Å². The van der Waals surface area contributed by atoms with Crippen LogP contribution in [0, 0.1) is 6.92 Å². The monoisotopic (exact) mass is 336 g/mol. The van der Waals surface area contributed by atoms with Gasteiger partial charge in [0.2, 0.25) is 5.91 Å². The van der Waals surface area contributed by atoms with Gasteiger partial charge in [-0.3, -0.25) is 9.69 Å². The fourth-order valence-electron chi connectivity index (χ4n) is 3.78. The maximum absolute atomic E-state index is 12.6. The topological polar surface area (TPSA) is 58.1 Å². The molecule has 1 amide bonds. The zero-order valence-corrected chi connectivity index (χ0v) is 14.7. The van der Waals surface area contributed by atoms with Crippen LogP contribution in [0.15, 0.2) is 30.3 Å². The third-order valence-corrected chi connectivity index (χ3v) is 5.25. The van der Waals surface area contributed by atoms with Crippen LogP contribution in [-0.4, -0.2) is 35.5 Å². The fraction of sp³-hybridized carbons (Fsp3) is 0.450. The number of benzene rings is 1. The Labute approximate surface area is 148 Å². The summed E-state index contributed by atoms with van der Waals surface area (Å²) in [4.78, 5) is 24.1. The third kappa shape index (κ3) is 3.29. The molecule has 5 nitrogen and oxygen atoms in total. The number of nitrogens with zero attached hydrogens (tertiary/aromatic N) is 3. The highest BCUT2D eigenvalue weighted by molar-refractivity contribution is 5.95. The molecule has 1 unspecified atom stereocenters. The highest BCUT2D eigenvalue weighted by Gasteiger charge is 2.29. The lowest BCUT2D eigenvalue weighted by atomic mass is 10.0. The zero-order chi connectivity index (χ0) is 17.2. The highest BCUT2D eigenvalue weighted by atomic mass is 16.2. The number of amides is 1. The molecule has 1 atom stereocenters. The summed E-state index contributed by atoms with van der Waals surface area (Å²) >= 11 is 0. The molecule has 5 heteroatoms. The molecule has 0 spiro atoms. The summed E-state index contributed by atoms with van der Waals surface area (Å²) in [5, 5.41) is 3.38. The predicted molar refractivity (Wildman–Crippen MR) is 97.8 cm³/mol. The van der Waals surface area contributed by atoms with E-state index in [-0.39, 0.29) is 5.91 Å². The number of carbonyl (C=O) groups excluding carboxylic acids is 1. The predicted octanol–water partition coefficient (Wildman–Crippen LogP) is 2.38. The number of aromatic nitrogens is 2. The van der Waals surface area contributed by atoms with Crippen molar-refractivity contribution in [2.24, 2.45) is 0 Å². The first-order valence-electron chi connectivity index (χ1n) is 9.15. The smallest absolute Gasteiger partial charge is 0.228 e. The molecule has 0 bridgehead atoms. The van der Waals surface area contributed by atoms with Crippen LogP contribution < -0.4 is 10.2 Å². The fourth-order valence-corrected chi connectivity index (χ4v) is 3.78. The molecule has 1 aromatic carbocycles. The Morgan fingerprint density at radius 1 is 1.20 bits per heavy atom. The van der Waals surface area contributed by atoms with Gasteiger partial charge in [0.05, 0.1) is 0 Å². The molecule has 2 aliphatic rings. The van der Waals surface area contributed by atoms with Crippen molar-refractivity contribution in [1.82, 2.24) is 15.3 Å². The van der Waals surface area contributed by atoms with Gasteiger partial charge in [0.15, 0.2) is 0 Å². The van der Waals surface area contributed by atoms with Crippen LogP contribution in [0.2, 0.25) is 0 Å². The minimum absolute atomic E-state index is 0.178. The van der Waals surface area contributed by atoms with E-state index in [1.807, 2.05) is 23.1 Å². The van der Waals surface area contributed by atoms with E-state index in [9.17, 15) is 4.79 Å². The molecular weight excluding hydrogens is 312 g/mol. The van der Waals surface area contributed by atoms with Crippen molar-refractivity contribution in [2.45, 2.75) is 38.5 Å². The Hall–Kier alpha value is -2.27. The number of carbonyl (C=O) groups is 1. The molecule has 4 rings (SSSR count). The van der Waals surface area contributed by atoms with Crippen molar-refractivity contribution < 1.29 is 4.79 Å². The molecule has 1 fully saturated rings. The molecule has 3 heterocycles.